The SMILES string of the molecule is C=NC(=O)C(=C)C(=C)C(=C)C(=C)C(=C)CCCCCC. The first-order valence-electron chi connectivity index (χ1n) is 6.82. The third-order valence-corrected chi connectivity index (χ3v) is 3.25. The molecule has 0 saturated carbocycles. The van der Waals surface area contributed by atoms with Crippen LogP contribution in [0, 0.1) is 0 Å². The van der Waals surface area contributed by atoms with E-state index in [-0.39, 0.29) is 5.57 Å². The number of nitrogens with zero attached hydrogens (tertiary/aromatic N) is 1. The van der Waals surface area contributed by atoms with E-state index in [9.17, 15) is 4.79 Å². The Morgan fingerprint density at radius 1 is 0.850 bits per heavy atom. The summed E-state index contributed by atoms with van der Waals surface area (Å²) in [5.41, 5.74) is 2.89. The number of rotatable bonds is 10. The van der Waals surface area contributed by atoms with Crippen molar-refractivity contribution in [1.82, 2.24) is 0 Å². The van der Waals surface area contributed by atoms with Crippen LogP contribution in [0.3, 0.4) is 0 Å². The summed E-state index contributed by atoms with van der Waals surface area (Å²) in [6.07, 6.45) is 5.57. The zero-order chi connectivity index (χ0) is 15.7. The molecule has 0 radical (unpaired) electrons. The van der Waals surface area contributed by atoms with Gasteiger partial charge in [0.2, 0.25) is 0 Å². The quantitative estimate of drug-likeness (QED) is 0.239. The third kappa shape index (κ3) is 5.35. The molecule has 0 unspecified atom stereocenters. The highest BCUT2D eigenvalue weighted by Crippen LogP contribution is 2.28. The van der Waals surface area contributed by atoms with Gasteiger partial charge >= 0.3 is 0 Å². The van der Waals surface area contributed by atoms with Crippen LogP contribution in [0.1, 0.15) is 39.0 Å². The predicted octanol–water partition coefficient (Wildman–Crippen LogP) is 4.97. The Hall–Kier alpha value is -1.96. The molecule has 0 aliphatic rings. The molecule has 0 saturated heterocycles. The lowest BCUT2D eigenvalue weighted by Crippen LogP contribution is -2.03. The van der Waals surface area contributed by atoms with E-state index in [0.29, 0.717) is 11.1 Å². The van der Waals surface area contributed by atoms with Gasteiger partial charge in [-0.3, -0.25) is 4.79 Å². The fourth-order valence-electron chi connectivity index (χ4n) is 1.72. The van der Waals surface area contributed by atoms with Crippen LogP contribution in [-0.4, -0.2) is 12.6 Å². The van der Waals surface area contributed by atoms with Gasteiger partial charge in [-0.15, -0.1) is 0 Å². The maximum absolute atomic E-state index is 11.4. The molecule has 0 rings (SSSR count). The lowest BCUT2D eigenvalue weighted by atomic mass is 9.90. The van der Waals surface area contributed by atoms with E-state index in [1.54, 1.807) is 0 Å². The first kappa shape index (κ1) is 18.0. The van der Waals surface area contributed by atoms with Gasteiger partial charge in [0, 0.05) is 5.57 Å². The van der Waals surface area contributed by atoms with Crippen LogP contribution in [0.15, 0.2) is 65.8 Å². The molecule has 0 N–H and O–H groups in total. The minimum atomic E-state index is -0.488. The lowest BCUT2D eigenvalue weighted by Gasteiger charge is -2.15. The predicted molar refractivity (Wildman–Crippen MR) is 89.0 cm³/mol. The first-order valence-corrected chi connectivity index (χ1v) is 6.82. The number of allylic oxidation sites excluding steroid dienone is 3. The number of unbranched alkanes of at least 4 members (excludes halogenated alkanes) is 3. The maximum atomic E-state index is 11.4. The van der Waals surface area contributed by atoms with Crippen molar-refractivity contribution in [2.24, 2.45) is 4.99 Å². The summed E-state index contributed by atoms with van der Waals surface area (Å²) >= 11 is 0. The standard InChI is InChI=1S/C18H25NO/c1-8-9-10-11-12-13(2)14(3)15(4)16(5)17(6)18(20)19-7/h2-12H2,1H3. The molecule has 0 fully saturated rings. The van der Waals surface area contributed by atoms with Gasteiger partial charge in [0.25, 0.3) is 5.91 Å². The smallest absolute Gasteiger partial charge is 0.267 e. The first-order chi connectivity index (χ1) is 9.36. The molecule has 1 amide bonds. The number of aliphatic imine (C=N–C) groups is 1. The summed E-state index contributed by atoms with van der Waals surface area (Å²) in [5, 5.41) is 0. The van der Waals surface area contributed by atoms with Gasteiger partial charge in [-0.25, -0.2) is 4.99 Å². The summed E-state index contributed by atoms with van der Waals surface area (Å²) in [6, 6.07) is 0. The summed E-state index contributed by atoms with van der Waals surface area (Å²) < 4.78 is 0. The molecule has 0 aromatic heterocycles. The Labute approximate surface area is 123 Å². The summed E-state index contributed by atoms with van der Waals surface area (Å²) in [7, 11) is 0. The van der Waals surface area contributed by atoms with Gasteiger partial charge in [-0.1, -0.05) is 59.1 Å². The van der Waals surface area contributed by atoms with Gasteiger partial charge in [-0.2, -0.15) is 0 Å². The van der Waals surface area contributed by atoms with E-state index in [2.05, 4.69) is 51.5 Å². The van der Waals surface area contributed by atoms with Crippen LogP contribution >= 0.6 is 0 Å². The van der Waals surface area contributed by atoms with Crippen molar-refractivity contribution in [2.45, 2.75) is 39.0 Å². The highest BCUT2D eigenvalue weighted by molar-refractivity contribution is 6.01. The Morgan fingerprint density at radius 2 is 1.40 bits per heavy atom. The molecule has 0 atom stereocenters. The van der Waals surface area contributed by atoms with E-state index in [1.165, 1.54) is 19.3 Å². The zero-order valence-electron chi connectivity index (χ0n) is 12.6. The molecule has 108 valence electrons. The number of hydrogen-bond acceptors (Lipinski definition) is 1. The molecule has 0 bridgehead atoms. The van der Waals surface area contributed by atoms with E-state index in [0.717, 1.165) is 24.0 Å². The zero-order valence-corrected chi connectivity index (χ0v) is 12.6. The van der Waals surface area contributed by atoms with Crippen molar-refractivity contribution in [3.63, 3.8) is 0 Å². The highest BCUT2D eigenvalue weighted by Gasteiger charge is 2.14. The van der Waals surface area contributed by atoms with Crippen molar-refractivity contribution >= 4 is 12.6 Å². The average Bonchev–Trinajstić information content (AvgIpc) is 2.47. The Bertz CT molecular complexity index is 466. The largest absolute Gasteiger partial charge is 0.276 e. The molecule has 0 aliphatic heterocycles. The van der Waals surface area contributed by atoms with Crippen molar-refractivity contribution in [3.8, 4) is 0 Å². The minimum Gasteiger partial charge on any atom is -0.267 e. The van der Waals surface area contributed by atoms with Crippen molar-refractivity contribution < 1.29 is 4.79 Å². The van der Waals surface area contributed by atoms with Crippen LogP contribution < -0.4 is 0 Å². The molecule has 2 heteroatoms. The summed E-state index contributed by atoms with van der Waals surface area (Å²) in [6.45, 7) is 24.8. The fraction of sp³-hybridized carbons (Fsp3) is 0.333. The Kier molecular flexibility index (Phi) is 8.14. The maximum Gasteiger partial charge on any atom is 0.276 e. The third-order valence-electron chi connectivity index (χ3n) is 3.25. The van der Waals surface area contributed by atoms with Gasteiger partial charge in [0.1, 0.15) is 0 Å². The van der Waals surface area contributed by atoms with Gasteiger partial charge in [0.05, 0.1) is 0 Å². The number of amides is 1. The molecular formula is C18H25NO. The molecule has 2 nitrogen and oxygen atoms in total. The average molecular weight is 271 g/mol. The van der Waals surface area contributed by atoms with Crippen molar-refractivity contribution in [2.75, 3.05) is 0 Å². The number of hydrogen-bond donors (Lipinski definition) is 0. The van der Waals surface area contributed by atoms with Crippen molar-refractivity contribution in [1.29, 1.82) is 0 Å². The van der Waals surface area contributed by atoms with E-state index in [4.69, 9.17) is 0 Å². The molecule has 20 heavy (non-hydrogen) atoms. The number of carbonyl (C=O) groups is 1. The Balaban J connectivity index is 4.54. The van der Waals surface area contributed by atoms with Gasteiger partial charge < -0.3 is 0 Å². The summed E-state index contributed by atoms with van der Waals surface area (Å²) in [4.78, 5) is 14.7. The molecule has 0 aromatic carbocycles. The van der Waals surface area contributed by atoms with E-state index in [1.807, 2.05) is 0 Å². The monoisotopic (exact) mass is 271 g/mol. The van der Waals surface area contributed by atoms with Gasteiger partial charge in [0.15, 0.2) is 0 Å². The molecule has 0 heterocycles. The lowest BCUT2D eigenvalue weighted by molar-refractivity contribution is -0.114. The topological polar surface area (TPSA) is 29.4 Å². The van der Waals surface area contributed by atoms with Crippen LogP contribution in [0.5, 0.6) is 0 Å². The van der Waals surface area contributed by atoms with Crippen LogP contribution in [-0.2, 0) is 4.79 Å². The van der Waals surface area contributed by atoms with Gasteiger partial charge in [-0.05, 0) is 41.9 Å². The molecule has 0 spiro atoms. The molecule has 0 aromatic rings. The second kappa shape index (κ2) is 9.03. The Morgan fingerprint density at radius 3 is 1.90 bits per heavy atom. The highest BCUT2D eigenvalue weighted by atomic mass is 16.1. The normalized spacial score (nSPS) is 9.65. The molecular weight excluding hydrogens is 246 g/mol. The van der Waals surface area contributed by atoms with E-state index >= 15 is 0 Å². The number of carbonyl (C=O) groups excluding carboxylic acids is 1. The van der Waals surface area contributed by atoms with Crippen LogP contribution in [0.4, 0.5) is 0 Å². The second-order valence-corrected chi connectivity index (χ2v) is 4.79. The fourth-order valence-corrected chi connectivity index (χ4v) is 1.72. The summed E-state index contributed by atoms with van der Waals surface area (Å²) in [5.74, 6) is -0.488. The van der Waals surface area contributed by atoms with Crippen LogP contribution in [0.2, 0.25) is 0 Å². The van der Waals surface area contributed by atoms with Crippen molar-refractivity contribution in [3.05, 3.63) is 60.8 Å². The minimum absolute atomic E-state index is 0.199. The van der Waals surface area contributed by atoms with E-state index < -0.39 is 5.91 Å². The van der Waals surface area contributed by atoms with Crippen LogP contribution in [0.25, 0.3) is 0 Å². The molecule has 0 aliphatic carbocycles. The second-order valence-electron chi connectivity index (χ2n) is 4.79.